The second-order valence-corrected chi connectivity index (χ2v) is 4.68. The Morgan fingerprint density at radius 1 is 1.16 bits per heavy atom. The molecule has 108 valence electrons. The zero-order chi connectivity index (χ0) is 14.1. The molecule has 0 unspecified atom stereocenters. The number of hydrogen-bond acceptors (Lipinski definition) is 4. The first-order valence-corrected chi connectivity index (χ1v) is 6.90. The second kappa shape index (κ2) is 8.64. The molecule has 2 N–H and O–H groups in total. The second-order valence-electron chi connectivity index (χ2n) is 4.68. The van der Waals surface area contributed by atoms with E-state index >= 15 is 0 Å². The van der Waals surface area contributed by atoms with Gasteiger partial charge < -0.3 is 19.9 Å². The Morgan fingerprint density at radius 2 is 1.95 bits per heavy atom. The van der Waals surface area contributed by atoms with Crippen LogP contribution in [-0.4, -0.2) is 25.9 Å². The Kier molecular flexibility index (Phi) is 7.11. The number of nitrogens with two attached hydrogens (primary N) is 1. The van der Waals surface area contributed by atoms with Gasteiger partial charge in [0.25, 0.3) is 0 Å². The minimum atomic E-state index is 0.0925. The molecule has 0 saturated carbocycles. The minimum absolute atomic E-state index is 0.0925. The number of nitrogen functional groups attached to an aromatic ring is 1. The molecular formula is C15H25NO3. The number of unbranched alkanes of at least 4 members (excludes halogenated alkanes) is 1. The van der Waals surface area contributed by atoms with Crippen molar-refractivity contribution in [1.82, 2.24) is 0 Å². The molecule has 0 heterocycles. The summed E-state index contributed by atoms with van der Waals surface area (Å²) >= 11 is 0. The van der Waals surface area contributed by atoms with Gasteiger partial charge in [0, 0.05) is 12.7 Å². The normalized spacial score (nSPS) is 10.7. The van der Waals surface area contributed by atoms with Crippen molar-refractivity contribution in [2.45, 2.75) is 39.7 Å². The largest absolute Gasteiger partial charge is 0.491 e. The van der Waals surface area contributed by atoms with Gasteiger partial charge in [-0.1, -0.05) is 13.3 Å². The molecule has 4 nitrogen and oxygen atoms in total. The molecule has 0 bridgehead atoms. The number of benzene rings is 1. The van der Waals surface area contributed by atoms with E-state index in [4.69, 9.17) is 19.9 Å². The molecule has 19 heavy (non-hydrogen) atoms. The van der Waals surface area contributed by atoms with Crippen LogP contribution in [0.4, 0.5) is 5.69 Å². The van der Waals surface area contributed by atoms with Gasteiger partial charge in [-0.3, -0.25) is 0 Å². The zero-order valence-electron chi connectivity index (χ0n) is 12.1. The molecule has 0 aliphatic carbocycles. The van der Waals surface area contributed by atoms with Gasteiger partial charge in [-0.25, -0.2) is 0 Å². The van der Waals surface area contributed by atoms with Crippen molar-refractivity contribution in [3.05, 3.63) is 18.2 Å². The molecule has 0 saturated heterocycles. The van der Waals surface area contributed by atoms with Crippen LogP contribution in [0.5, 0.6) is 11.5 Å². The lowest BCUT2D eigenvalue weighted by Crippen LogP contribution is -2.09. The van der Waals surface area contributed by atoms with Crippen molar-refractivity contribution >= 4 is 5.69 Å². The standard InChI is InChI=1S/C15H25NO3/c1-4-5-8-17-9-10-18-13-6-7-14(16)15(11-13)19-12(2)3/h6-7,11-12H,4-5,8-10,16H2,1-3H3. The Balaban J connectivity index is 2.37. The molecule has 0 aliphatic rings. The van der Waals surface area contributed by atoms with Crippen LogP contribution in [0.25, 0.3) is 0 Å². The minimum Gasteiger partial charge on any atom is -0.491 e. The lowest BCUT2D eigenvalue weighted by molar-refractivity contribution is 0.0979. The van der Waals surface area contributed by atoms with Crippen LogP contribution < -0.4 is 15.2 Å². The van der Waals surface area contributed by atoms with Gasteiger partial charge in [0.1, 0.15) is 18.1 Å². The summed E-state index contributed by atoms with van der Waals surface area (Å²) in [4.78, 5) is 0. The summed E-state index contributed by atoms with van der Waals surface area (Å²) in [6.45, 7) is 8.01. The van der Waals surface area contributed by atoms with E-state index in [1.807, 2.05) is 26.0 Å². The fourth-order valence-corrected chi connectivity index (χ4v) is 1.53. The van der Waals surface area contributed by atoms with Crippen molar-refractivity contribution < 1.29 is 14.2 Å². The lowest BCUT2D eigenvalue weighted by Gasteiger charge is -2.14. The van der Waals surface area contributed by atoms with Crippen molar-refractivity contribution in [2.75, 3.05) is 25.6 Å². The molecule has 0 aromatic heterocycles. The quantitative estimate of drug-likeness (QED) is 0.551. The van der Waals surface area contributed by atoms with E-state index < -0.39 is 0 Å². The Labute approximate surface area is 115 Å². The van der Waals surface area contributed by atoms with Crippen molar-refractivity contribution in [3.63, 3.8) is 0 Å². The van der Waals surface area contributed by atoms with Crippen LogP contribution >= 0.6 is 0 Å². The van der Waals surface area contributed by atoms with Gasteiger partial charge in [-0.15, -0.1) is 0 Å². The SMILES string of the molecule is CCCCOCCOc1ccc(N)c(OC(C)C)c1. The molecular weight excluding hydrogens is 242 g/mol. The van der Waals surface area contributed by atoms with Crippen molar-refractivity contribution in [2.24, 2.45) is 0 Å². The zero-order valence-corrected chi connectivity index (χ0v) is 12.1. The number of hydrogen-bond donors (Lipinski definition) is 1. The monoisotopic (exact) mass is 267 g/mol. The maximum Gasteiger partial charge on any atom is 0.146 e. The summed E-state index contributed by atoms with van der Waals surface area (Å²) in [5, 5.41) is 0. The number of ether oxygens (including phenoxy) is 3. The number of rotatable bonds is 9. The smallest absolute Gasteiger partial charge is 0.146 e. The Bertz CT molecular complexity index is 366. The molecule has 4 heteroatoms. The highest BCUT2D eigenvalue weighted by atomic mass is 16.5. The van der Waals surface area contributed by atoms with Gasteiger partial charge in [0.2, 0.25) is 0 Å². The summed E-state index contributed by atoms with van der Waals surface area (Å²) in [6, 6.07) is 5.46. The molecule has 1 aromatic rings. The first-order valence-electron chi connectivity index (χ1n) is 6.90. The van der Waals surface area contributed by atoms with Gasteiger partial charge in [0.15, 0.2) is 0 Å². The Morgan fingerprint density at radius 3 is 2.63 bits per heavy atom. The molecule has 0 fully saturated rings. The molecule has 1 rings (SSSR count). The van der Waals surface area contributed by atoms with E-state index in [0.717, 1.165) is 25.2 Å². The molecule has 0 aliphatic heterocycles. The van der Waals surface area contributed by atoms with Gasteiger partial charge in [0.05, 0.1) is 18.4 Å². The topological polar surface area (TPSA) is 53.7 Å². The molecule has 0 atom stereocenters. The van der Waals surface area contributed by atoms with Crippen LogP contribution in [0.2, 0.25) is 0 Å². The van der Waals surface area contributed by atoms with Crippen molar-refractivity contribution in [1.29, 1.82) is 0 Å². The van der Waals surface area contributed by atoms with E-state index in [2.05, 4.69) is 6.92 Å². The third-order valence-corrected chi connectivity index (χ3v) is 2.49. The summed E-state index contributed by atoms with van der Waals surface area (Å²) in [5.74, 6) is 1.42. The van der Waals surface area contributed by atoms with E-state index in [-0.39, 0.29) is 6.10 Å². The predicted octanol–water partition coefficient (Wildman–Crippen LogP) is 3.25. The Hall–Kier alpha value is -1.42. The molecule has 0 radical (unpaired) electrons. The predicted molar refractivity (Wildman–Crippen MR) is 77.8 cm³/mol. The maximum atomic E-state index is 5.84. The van der Waals surface area contributed by atoms with Crippen LogP contribution in [-0.2, 0) is 4.74 Å². The van der Waals surface area contributed by atoms with E-state index in [1.165, 1.54) is 0 Å². The summed E-state index contributed by atoms with van der Waals surface area (Å²) in [7, 11) is 0. The molecule has 0 spiro atoms. The van der Waals surface area contributed by atoms with Crippen LogP contribution in [0.15, 0.2) is 18.2 Å². The third-order valence-electron chi connectivity index (χ3n) is 2.49. The summed E-state index contributed by atoms with van der Waals surface area (Å²) in [5.41, 5.74) is 6.47. The first-order chi connectivity index (χ1) is 9.13. The van der Waals surface area contributed by atoms with Crippen molar-refractivity contribution in [3.8, 4) is 11.5 Å². The van der Waals surface area contributed by atoms with Gasteiger partial charge in [-0.2, -0.15) is 0 Å². The highest BCUT2D eigenvalue weighted by Crippen LogP contribution is 2.27. The van der Waals surface area contributed by atoms with Gasteiger partial charge >= 0.3 is 0 Å². The number of anilines is 1. The third kappa shape index (κ3) is 6.34. The molecule has 0 amide bonds. The van der Waals surface area contributed by atoms with E-state index in [9.17, 15) is 0 Å². The van der Waals surface area contributed by atoms with Crippen LogP contribution in [0.1, 0.15) is 33.6 Å². The average Bonchev–Trinajstić information content (AvgIpc) is 2.37. The van der Waals surface area contributed by atoms with Crippen LogP contribution in [0, 0.1) is 0 Å². The summed E-state index contributed by atoms with van der Waals surface area (Å²) in [6.07, 6.45) is 2.33. The highest BCUT2D eigenvalue weighted by molar-refractivity contribution is 5.55. The van der Waals surface area contributed by atoms with E-state index in [0.29, 0.717) is 24.7 Å². The fraction of sp³-hybridized carbons (Fsp3) is 0.600. The first kappa shape index (κ1) is 15.6. The molecule has 1 aromatic carbocycles. The van der Waals surface area contributed by atoms with Gasteiger partial charge in [-0.05, 0) is 32.4 Å². The van der Waals surface area contributed by atoms with E-state index in [1.54, 1.807) is 6.07 Å². The maximum absolute atomic E-state index is 5.84. The van der Waals surface area contributed by atoms with Crippen LogP contribution in [0.3, 0.4) is 0 Å². The lowest BCUT2D eigenvalue weighted by atomic mass is 10.3. The highest BCUT2D eigenvalue weighted by Gasteiger charge is 2.05. The summed E-state index contributed by atoms with van der Waals surface area (Å²) < 4.78 is 16.6. The fourth-order valence-electron chi connectivity index (χ4n) is 1.53. The average molecular weight is 267 g/mol.